The van der Waals surface area contributed by atoms with E-state index in [-0.39, 0.29) is 31.6 Å². The molecule has 137 valence electrons. The van der Waals surface area contributed by atoms with Gasteiger partial charge in [-0.1, -0.05) is 31.2 Å². The van der Waals surface area contributed by atoms with Gasteiger partial charge in [-0.2, -0.15) is 0 Å². The van der Waals surface area contributed by atoms with Crippen LogP contribution in [0.2, 0.25) is 0 Å². The van der Waals surface area contributed by atoms with Crippen LogP contribution in [0.3, 0.4) is 0 Å². The molecule has 0 atom stereocenters. The predicted octanol–water partition coefficient (Wildman–Crippen LogP) is 5.35. The fourth-order valence-corrected chi connectivity index (χ4v) is 2.40. The van der Waals surface area contributed by atoms with Crippen LogP contribution in [0.15, 0.2) is 60.4 Å². The first-order valence-electron chi connectivity index (χ1n) is 8.09. The smallest absolute Gasteiger partial charge is 0.155 e. The van der Waals surface area contributed by atoms with Crippen molar-refractivity contribution in [3.63, 3.8) is 0 Å². The Morgan fingerprint density at radius 1 is 1.04 bits per heavy atom. The van der Waals surface area contributed by atoms with Crippen LogP contribution in [-0.2, 0) is 24.9 Å². The first-order chi connectivity index (χ1) is 11.8. The zero-order valence-electron chi connectivity index (χ0n) is 15.3. The molecule has 3 aromatic rings. The molecule has 3 rings (SSSR count). The van der Waals surface area contributed by atoms with Crippen molar-refractivity contribution in [2.75, 3.05) is 0 Å². The van der Waals surface area contributed by atoms with E-state index in [4.69, 9.17) is 10.1 Å². The van der Waals surface area contributed by atoms with Crippen LogP contribution in [0.25, 0.3) is 22.2 Å². The summed E-state index contributed by atoms with van der Waals surface area (Å²) in [5, 5.41) is 9.54. The average Bonchev–Trinajstić information content (AvgIpc) is 2.53. The Hall–Kier alpha value is -2.29. The number of allylic oxidation sites excluding steroid dienone is 2. The van der Waals surface area contributed by atoms with Crippen molar-refractivity contribution >= 4 is 16.7 Å². The number of aliphatic hydroxyl groups is 1. The molecule has 0 saturated carbocycles. The number of fused-ring (bicyclic) bond motifs is 1. The van der Waals surface area contributed by atoms with Gasteiger partial charge in [0.1, 0.15) is 0 Å². The van der Waals surface area contributed by atoms with Crippen LogP contribution in [0.5, 0.6) is 0 Å². The van der Waals surface area contributed by atoms with E-state index >= 15 is 0 Å². The van der Waals surface area contributed by atoms with E-state index in [1.807, 2.05) is 6.07 Å². The number of benzene rings is 2. The standard InChI is InChI=1S/C17H14N.C5H8O2.Ir/c1-12-4-3-5-15(10-12)16-9-8-14-7-6-13(2)11-17(14)18-16;1-4(6)3-5(2)7;/h3-4,6-11H,1-2H3;3,6H,1-2H3;/q-1;;/b;4-3-;. The maximum Gasteiger partial charge on any atom is 0.155 e. The number of hydrogen-bond acceptors (Lipinski definition) is 3. The van der Waals surface area contributed by atoms with Crippen molar-refractivity contribution in [1.29, 1.82) is 0 Å². The van der Waals surface area contributed by atoms with Crippen LogP contribution >= 0.6 is 0 Å². The molecule has 1 aromatic heterocycles. The van der Waals surface area contributed by atoms with E-state index in [9.17, 15) is 4.79 Å². The van der Waals surface area contributed by atoms with Crippen molar-refractivity contribution in [2.45, 2.75) is 27.7 Å². The van der Waals surface area contributed by atoms with E-state index in [0.29, 0.717) is 0 Å². The summed E-state index contributed by atoms with van der Waals surface area (Å²) in [6, 6.07) is 19.9. The molecule has 0 spiro atoms. The van der Waals surface area contributed by atoms with Crippen molar-refractivity contribution in [1.82, 2.24) is 4.98 Å². The minimum Gasteiger partial charge on any atom is -0.512 e. The quantitative estimate of drug-likeness (QED) is 0.279. The van der Waals surface area contributed by atoms with Gasteiger partial charge in [-0.05, 0) is 43.5 Å². The summed E-state index contributed by atoms with van der Waals surface area (Å²) in [7, 11) is 0. The van der Waals surface area contributed by atoms with Gasteiger partial charge in [-0.25, -0.2) is 0 Å². The zero-order valence-corrected chi connectivity index (χ0v) is 17.7. The van der Waals surface area contributed by atoms with E-state index in [2.05, 4.69) is 62.4 Å². The van der Waals surface area contributed by atoms with Gasteiger partial charge in [0.15, 0.2) is 5.78 Å². The monoisotopic (exact) mass is 525 g/mol. The molecule has 2 aromatic carbocycles. The molecule has 3 nitrogen and oxygen atoms in total. The Labute approximate surface area is 168 Å². The normalized spacial score (nSPS) is 10.5. The number of hydrogen-bond donors (Lipinski definition) is 1. The Morgan fingerprint density at radius 3 is 2.27 bits per heavy atom. The number of rotatable bonds is 2. The molecule has 0 saturated heterocycles. The fraction of sp³-hybridized carbons (Fsp3) is 0.182. The van der Waals surface area contributed by atoms with Crippen molar-refractivity contribution in [3.8, 4) is 11.3 Å². The number of nitrogens with zero attached hydrogens (tertiary/aromatic N) is 1. The van der Waals surface area contributed by atoms with Gasteiger partial charge in [0.2, 0.25) is 0 Å². The summed E-state index contributed by atoms with van der Waals surface area (Å²) in [6.45, 7) is 7.02. The molecule has 0 amide bonds. The Morgan fingerprint density at radius 2 is 1.69 bits per heavy atom. The topological polar surface area (TPSA) is 50.2 Å². The van der Waals surface area contributed by atoms with Gasteiger partial charge in [0, 0.05) is 26.2 Å². The van der Waals surface area contributed by atoms with Crippen LogP contribution in [0, 0.1) is 19.9 Å². The second-order valence-corrected chi connectivity index (χ2v) is 6.07. The number of aryl methyl sites for hydroxylation is 2. The molecule has 1 radical (unpaired) electrons. The fourth-order valence-electron chi connectivity index (χ4n) is 2.40. The third-order valence-corrected chi connectivity index (χ3v) is 3.49. The maximum atomic E-state index is 10.0. The summed E-state index contributed by atoms with van der Waals surface area (Å²) >= 11 is 0. The zero-order chi connectivity index (χ0) is 18.4. The molecule has 0 aliphatic rings. The van der Waals surface area contributed by atoms with Gasteiger partial charge in [0.05, 0.1) is 11.3 Å². The summed E-state index contributed by atoms with van der Waals surface area (Å²) in [6.07, 6.45) is 1.17. The van der Waals surface area contributed by atoms with E-state index in [1.54, 1.807) is 0 Å². The molecular formula is C22H22IrNO2-. The summed E-state index contributed by atoms with van der Waals surface area (Å²) in [5.74, 6) is -0.0625. The minimum atomic E-state index is -0.125. The molecule has 0 aliphatic heterocycles. The molecule has 0 bridgehead atoms. The largest absolute Gasteiger partial charge is 0.512 e. The Kier molecular flexibility index (Phi) is 8.37. The third-order valence-electron chi connectivity index (χ3n) is 3.49. The molecular weight excluding hydrogens is 502 g/mol. The Bertz CT molecular complexity index is 928. The average molecular weight is 525 g/mol. The molecule has 0 aliphatic carbocycles. The van der Waals surface area contributed by atoms with Gasteiger partial charge in [-0.3, -0.25) is 9.78 Å². The Balaban J connectivity index is 0.000000366. The van der Waals surface area contributed by atoms with Gasteiger partial charge in [-0.15, -0.1) is 35.4 Å². The van der Waals surface area contributed by atoms with E-state index in [0.717, 1.165) is 16.8 Å². The summed E-state index contributed by atoms with van der Waals surface area (Å²) in [4.78, 5) is 14.7. The number of carbonyl (C=O) groups excluding carboxylic acids is 1. The number of aromatic nitrogens is 1. The first-order valence-corrected chi connectivity index (χ1v) is 8.09. The SMILES string of the molecule is CC(=O)/C=C(/C)O.Cc1cc[c-]c(-c2ccc3ccc(C)cc3n2)c1.[Ir]. The second kappa shape index (κ2) is 10.0. The molecule has 1 N–H and O–H groups in total. The van der Waals surface area contributed by atoms with Crippen molar-refractivity contribution < 1.29 is 30.0 Å². The van der Waals surface area contributed by atoms with Crippen LogP contribution in [0.4, 0.5) is 0 Å². The number of ketones is 1. The molecule has 0 unspecified atom stereocenters. The maximum absolute atomic E-state index is 10.0. The van der Waals surface area contributed by atoms with Crippen LogP contribution in [0.1, 0.15) is 25.0 Å². The third kappa shape index (κ3) is 6.55. The molecule has 1 heterocycles. The van der Waals surface area contributed by atoms with Gasteiger partial charge < -0.3 is 5.11 Å². The second-order valence-electron chi connectivity index (χ2n) is 6.07. The van der Waals surface area contributed by atoms with Gasteiger partial charge >= 0.3 is 0 Å². The molecule has 0 fully saturated rings. The number of aliphatic hydroxyl groups excluding tert-OH is 1. The van der Waals surface area contributed by atoms with Gasteiger partial charge in [0.25, 0.3) is 0 Å². The van der Waals surface area contributed by atoms with E-state index < -0.39 is 0 Å². The minimum absolute atomic E-state index is 0. The predicted molar refractivity (Wildman–Crippen MR) is 103 cm³/mol. The van der Waals surface area contributed by atoms with Crippen molar-refractivity contribution in [3.05, 3.63) is 77.6 Å². The number of carbonyl (C=O) groups is 1. The van der Waals surface area contributed by atoms with Crippen molar-refractivity contribution in [2.24, 2.45) is 0 Å². The molecule has 26 heavy (non-hydrogen) atoms. The summed E-state index contributed by atoms with van der Waals surface area (Å²) in [5.41, 5.74) is 5.55. The molecule has 4 heteroatoms. The first kappa shape index (κ1) is 21.8. The number of pyridine rings is 1. The van der Waals surface area contributed by atoms with E-state index in [1.165, 1.54) is 36.4 Å². The summed E-state index contributed by atoms with van der Waals surface area (Å²) < 4.78 is 0. The van der Waals surface area contributed by atoms with Crippen LogP contribution < -0.4 is 0 Å². The van der Waals surface area contributed by atoms with Crippen LogP contribution in [-0.4, -0.2) is 15.9 Å².